The molecule has 0 amide bonds. The summed E-state index contributed by atoms with van der Waals surface area (Å²) in [4.78, 5) is 5.07. The average Bonchev–Trinajstić information content (AvgIpc) is 3.04. The van der Waals surface area contributed by atoms with Gasteiger partial charge in [-0.2, -0.15) is 5.10 Å². The van der Waals surface area contributed by atoms with Crippen molar-refractivity contribution >= 4 is 5.82 Å². The normalized spacial score (nSPS) is 23.7. The van der Waals surface area contributed by atoms with Gasteiger partial charge in [-0.1, -0.05) is 13.3 Å². The monoisotopic (exact) mass is 289 g/mol. The standard InChI is InChI=1S/C16H27N5/c1-2-17-12-14-6-7-16(19-18-14)21-11-8-15(13-21)20-9-4-3-5-10-20/h6-7,15,17H,2-5,8-13H2,1H3. The van der Waals surface area contributed by atoms with E-state index in [4.69, 9.17) is 0 Å². The molecule has 5 nitrogen and oxygen atoms in total. The fourth-order valence-corrected chi connectivity index (χ4v) is 3.40. The molecule has 1 atom stereocenters. The number of hydrogen-bond acceptors (Lipinski definition) is 5. The number of nitrogens with one attached hydrogen (secondary N) is 1. The van der Waals surface area contributed by atoms with Gasteiger partial charge in [0.15, 0.2) is 5.82 Å². The van der Waals surface area contributed by atoms with E-state index >= 15 is 0 Å². The smallest absolute Gasteiger partial charge is 0.151 e. The van der Waals surface area contributed by atoms with Gasteiger partial charge in [-0.05, 0) is 51.0 Å². The Labute approximate surface area is 127 Å². The Bertz CT molecular complexity index is 427. The van der Waals surface area contributed by atoms with Crippen molar-refractivity contribution in [1.82, 2.24) is 20.4 Å². The molecule has 0 aliphatic carbocycles. The lowest BCUT2D eigenvalue weighted by atomic mass is 10.1. The van der Waals surface area contributed by atoms with E-state index in [0.29, 0.717) is 6.04 Å². The summed E-state index contributed by atoms with van der Waals surface area (Å²) in [5.41, 5.74) is 1.02. The van der Waals surface area contributed by atoms with Crippen molar-refractivity contribution in [2.75, 3.05) is 37.6 Å². The maximum Gasteiger partial charge on any atom is 0.151 e. The summed E-state index contributed by atoms with van der Waals surface area (Å²) >= 11 is 0. The molecule has 3 rings (SSSR count). The number of rotatable bonds is 5. The second-order valence-electron chi connectivity index (χ2n) is 6.15. The highest BCUT2D eigenvalue weighted by atomic mass is 15.3. The molecule has 5 heteroatoms. The second-order valence-corrected chi connectivity index (χ2v) is 6.15. The Hall–Kier alpha value is -1.20. The summed E-state index contributed by atoms with van der Waals surface area (Å²) in [6.45, 7) is 8.67. The van der Waals surface area contributed by atoms with Gasteiger partial charge in [0.05, 0.1) is 5.69 Å². The summed E-state index contributed by atoms with van der Waals surface area (Å²) in [6.07, 6.45) is 5.41. The minimum Gasteiger partial charge on any atom is -0.354 e. The van der Waals surface area contributed by atoms with E-state index in [-0.39, 0.29) is 0 Å². The van der Waals surface area contributed by atoms with E-state index < -0.39 is 0 Å². The molecule has 1 aromatic heterocycles. The van der Waals surface area contributed by atoms with Crippen LogP contribution >= 0.6 is 0 Å². The first kappa shape index (κ1) is 14.7. The highest BCUT2D eigenvalue weighted by Gasteiger charge is 2.29. The molecule has 0 aromatic carbocycles. The van der Waals surface area contributed by atoms with Crippen LogP contribution in [0.5, 0.6) is 0 Å². The van der Waals surface area contributed by atoms with Crippen LogP contribution in [0.25, 0.3) is 0 Å². The summed E-state index contributed by atoms with van der Waals surface area (Å²) in [5, 5.41) is 12.0. The van der Waals surface area contributed by atoms with Crippen LogP contribution in [0.1, 0.15) is 38.3 Å². The van der Waals surface area contributed by atoms with Crippen molar-refractivity contribution in [2.45, 2.75) is 45.2 Å². The molecular weight excluding hydrogens is 262 g/mol. The Kier molecular flexibility index (Phi) is 5.04. The first-order chi connectivity index (χ1) is 10.4. The van der Waals surface area contributed by atoms with E-state index in [2.05, 4.69) is 44.4 Å². The van der Waals surface area contributed by atoms with Crippen LogP contribution in [-0.2, 0) is 6.54 Å². The van der Waals surface area contributed by atoms with Gasteiger partial charge in [0.1, 0.15) is 0 Å². The van der Waals surface area contributed by atoms with Gasteiger partial charge >= 0.3 is 0 Å². The number of likely N-dealkylation sites (tertiary alicyclic amines) is 1. The maximum atomic E-state index is 4.41. The van der Waals surface area contributed by atoms with Crippen LogP contribution in [0, 0.1) is 0 Å². The molecule has 21 heavy (non-hydrogen) atoms. The van der Waals surface area contributed by atoms with Crippen molar-refractivity contribution in [3.05, 3.63) is 17.8 Å². The minimum absolute atomic E-state index is 0.716. The Balaban J connectivity index is 1.55. The van der Waals surface area contributed by atoms with Crippen molar-refractivity contribution in [3.8, 4) is 0 Å². The molecule has 2 fully saturated rings. The largest absolute Gasteiger partial charge is 0.354 e. The first-order valence-electron chi connectivity index (χ1n) is 8.39. The van der Waals surface area contributed by atoms with Gasteiger partial charge < -0.3 is 10.2 Å². The van der Waals surface area contributed by atoms with E-state index in [9.17, 15) is 0 Å². The van der Waals surface area contributed by atoms with E-state index in [0.717, 1.165) is 37.7 Å². The molecule has 1 unspecified atom stereocenters. The van der Waals surface area contributed by atoms with E-state index in [1.54, 1.807) is 0 Å². The number of anilines is 1. The number of nitrogens with zero attached hydrogens (tertiary/aromatic N) is 4. The molecule has 1 N–H and O–H groups in total. The summed E-state index contributed by atoms with van der Waals surface area (Å²) in [5.74, 6) is 1.04. The van der Waals surface area contributed by atoms with Crippen LogP contribution in [0.15, 0.2) is 12.1 Å². The molecular formula is C16H27N5. The second kappa shape index (κ2) is 7.18. The van der Waals surface area contributed by atoms with Gasteiger partial charge in [-0.15, -0.1) is 5.10 Å². The zero-order valence-electron chi connectivity index (χ0n) is 13.1. The molecule has 2 saturated heterocycles. The Morgan fingerprint density at radius 1 is 1.14 bits per heavy atom. The first-order valence-corrected chi connectivity index (χ1v) is 8.39. The molecule has 2 aliphatic rings. The lowest BCUT2D eigenvalue weighted by Gasteiger charge is -2.32. The summed E-state index contributed by atoms with van der Waals surface area (Å²) < 4.78 is 0. The predicted molar refractivity (Wildman–Crippen MR) is 85.5 cm³/mol. The van der Waals surface area contributed by atoms with Crippen LogP contribution in [0.4, 0.5) is 5.82 Å². The van der Waals surface area contributed by atoms with Crippen LogP contribution in [-0.4, -0.2) is 53.9 Å². The molecule has 0 saturated carbocycles. The molecule has 0 bridgehead atoms. The van der Waals surface area contributed by atoms with Gasteiger partial charge in [0, 0.05) is 25.7 Å². The third-order valence-corrected chi connectivity index (χ3v) is 4.66. The predicted octanol–water partition coefficient (Wildman–Crippen LogP) is 1.65. The SMILES string of the molecule is CCNCc1ccc(N2CCC(N3CCCCC3)C2)nn1. The van der Waals surface area contributed by atoms with Crippen molar-refractivity contribution in [1.29, 1.82) is 0 Å². The molecule has 0 radical (unpaired) electrons. The lowest BCUT2D eigenvalue weighted by molar-refractivity contribution is 0.174. The highest BCUT2D eigenvalue weighted by molar-refractivity contribution is 5.39. The fourth-order valence-electron chi connectivity index (χ4n) is 3.40. The number of piperidine rings is 1. The van der Waals surface area contributed by atoms with E-state index in [1.165, 1.54) is 38.8 Å². The number of hydrogen-bond donors (Lipinski definition) is 1. The number of aromatic nitrogens is 2. The van der Waals surface area contributed by atoms with Crippen LogP contribution < -0.4 is 10.2 Å². The van der Waals surface area contributed by atoms with Gasteiger partial charge in [0.2, 0.25) is 0 Å². The van der Waals surface area contributed by atoms with Gasteiger partial charge in [-0.3, -0.25) is 4.90 Å². The van der Waals surface area contributed by atoms with Crippen LogP contribution in [0.3, 0.4) is 0 Å². The third kappa shape index (κ3) is 3.71. The summed E-state index contributed by atoms with van der Waals surface area (Å²) in [7, 11) is 0. The minimum atomic E-state index is 0.716. The molecule has 2 aliphatic heterocycles. The zero-order valence-corrected chi connectivity index (χ0v) is 13.1. The lowest BCUT2D eigenvalue weighted by Crippen LogP contribution is -2.41. The fraction of sp³-hybridized carbons (Fsp3) is 0.750. The van der Waals surface area contributed by atoms with Gasteiger partial charge in [-0.25, -0.2) is 0 Å². The Morgan fingerprint density at radius 2 is 2.00 bits per heavy atom. The molecule has 0 spiro atoms. The van der Waals surface area contributed by atoms with Crippen molar-refractivity contribution < 1.29 is 0 Å². The van der Waals surface area contributed by atoms with E-state index in [1.807, 2.05) is 0 Å². The topological polar surface area (TPSA) is 44.3 Å². The quantitative estimate of drug-likeness (QED) is 0.893. The average molecular weight is 289 g/mol. The van der Waals surface area contributed by atoms with Crippen molar-refractivity contribution in [2.24, 2.45) is 0 Å². The maximum absolute atomic E-state index is 4.41. The highest BCUT2D eigenvalue weighted by Crippen LogP contribution is 2.23. The third-order valence-electron chi connectivity index (χ3n) is 4.66. The van der Waals surface area contributed by atoms with Crippen LogP contribution in [0.2, 0.25) is 0 Å². The van der Waals surface area contributed by atoms with Gasteiger partial charge in [0.25, 0.3) is 0 Å². The zero-order chi connectivity index (χ0) is 14.5. The molecule has 1 aromatic rings. The molecule has 3 heterocycles. The Morgan fingerprint density at radius 3 is 2.71 bits per heavy atom. The molecule has 116 valence electrons. The van der Waals surface area contributed by atoms with Crippen molar-refractivity contribution in [3.63, 3.8) is 0 Å². The summed E-state index contributed by atoms with van der Waals surface area (Å²) in [6, 6.07) is 4.94.